The molecule has 0 spiro atoms. The molecular formula is C43H57ClI2N12O4S7. The van der Waals surface area contributed by atoms with Crippen LogP contribution in [0.4, 0.5) is 16.7 Å². The lowest BCUT2D eigenvalue weighted by atomic mass is 10.1. The van der Waals surface area contributed by atoms with E-state index in [1.165, 1.54) is 43.4 Å². The molecule has 0 saturated carbocycles. The zero-order valence-electron chi connectivity index (χ0n) is 38.5. The predicted octanol–water partition coefficient (Wildman–Crippen LogP) is 4.72. The molecule has 0 radical (unpaired) electrons. The first kappa shape index (κ1) is 55.5. The van der Waals surface area contributed by atoms with Gasteiger partial charge in [0.1, 0.15) is 5.60 Å². The molecule has 0 aliphatic carbocycles. The predicted molar refractivity (Wildman–Crippen MR) is 305 cm³/mol. The Balaban J connectivity index is 0.000000134. The monoisotopic (exact) mass is 1320 g/mol. The van der Waals surface area contributed by atoms with Crippen LogP contribution in [0.3, 0.4) is 0 Å². The van der Waals surface area contributed by atoms with Crippen molar-refractivity contribution in [1.82, 2.24) is 49.9 Å². The fourth-order valence-corrected chi connectivity index (χ4v) is 18.8. The van der Waals surface area contributed by atoms with Crippen molar-refractivity contribution in [1.29, 1.82) is 0 Å². The maximum absolute atomic E-state index is 12.0. The maximum atomic E-state index is 12.0. The molecule has 8 aliphatic heterocycles. The lowest BCUT2D eigenvalue weighted by Gasteiger charge is -2.47. The van der Waals surface area contributed by atoms with Gasteiger partial charge < -0.3 is 29.3 Å². The number of carbonyl (C=O) groups excluding carboxylic acids is 1. The molecule has 11 heterocycles. The van der Waals surface area contributed by atoms with Crippen LogP contribution in [0.15, 0.2) is 37.2 Å². The second kappa shape index (κ2) is 27.3. The number of fused-ring (bicyclic) bond motifs is 6. The van der Waals surface area contributed by atoms with E-state index < -0.39 is 0 Å². The molecule has 8 aliphatic rings. The van der Waals surface area contributed by atoms with Gasteiger partial charge in [0.25, 0.3) is 0 Å². The molecule has 1 N–H and O–H groups in total. The summed E-state index contributed by atoms with van der Waals surface area (Å²) in [4.78, 5) is 49.1. The Morgan fingerprint density at radius 1 is 0.681 bits per heavy atom. The van der Waals surface area contributed by atoms with Gasteiger partial charge >= 0.3 is 6.09 Å². The summed E-state index contributed by atoms with van der Waals surface area (Å²) in [7, 11) is 7.36. The van der Waals surface area contributed by atoms with Gasteiger partial charge in [-0.05, 0) is 116 Å². The number of anilines is 2. The number of ether oxygens (including phenoxy) is 3. The lowest BCUT2D eigenvalue weighted by Crippen LogP contribution is -2.62. The van der Waals surface area contributed by atoms with E-state index in [1.54, 1.807) is 51.4 Å². The Hall–Kier alpha value is -1.24. The number of hydrogen-bond acceptors (Lipinski definition) is 17. The molecular weight excluding hydrogens is 1260 g/mol. The number of hydrogen-bond donors (Lipinski definition) is 1. The molecule has 6 bridgehead atoms. The maximum Gasteiger partial charge on any atom is 0.410 e. The minimum Gasteiger partial charge on any atom is -0.444 e. The first-order chi connectivity index (χ1) is 33.3. The topological polar surface area (TPSA) is 150 Å². The van der Waals surface area contributed by atoms with E-state index in [0.29, 0.717) is 53.6 Å². The molecule has 376 valence electrons. The molecule has 6 unspecified atom stereocenters. The summed E-state index contributed by atoms with van der Waals surface area (Å²) in [5.41, 5.74) is 0.350. The molecule has 8 fully saturated rings. The Morgan fingerprint density at radius 3 is 1.42 bits per heavy atom. The fraction of sp³-hybridized carbons (Fsp3) is 0.651. The normalized spacial score (nSPS) is 25.7. The molecule has 3 aromatic heterocycles. The van der Waals surface area contributed by atoms with Crippen molar-refractivity contribution in [3.8, 4) is 12.3 Å². The quantitative estimate of drug-likeness (QED) is 0.218. The van der Waals surface area contributed by atoms with Crippen molar-refractivity contribution in [2.75, 3.05) is 75.5 Å². The highest BCUT2D eigenvalue weighted by atomic mass is 127. The van der Waals surface area contributed by atoms with Gasteiger partial charge in [0, 0.05) is 187 Å². The second-order valence-corrected chi connectivity index (χ2v) is 30.1. The van der Waals surface area contributed by atoms with Gasteiger partial charge in [0.2, 0.25) is 17.2 Å². The first-order valence-electron chi connectivity index (χ1n) is 22.7. The van der Waals surface area contributed by atoms with Gasteiger partial charge in [-0.15, -0.1) is 6.42 Å². The molecule has 26 heteroatoms. The lowest BCUT2D eigenvalue weighted by molar-refractivity contribution is -0.0851. The van der Waals surface area contributed by atoms with Crippen molar-refractivity contribution in [2.45, 2.75) is 113 Å². The first-order valence-corrected chi connectivity index (χ1v) is 33.3. The highest BCUT2D eigenvalue weighted by molar-refractivity contribution is 14.1. The Bertz CT molecular complexity index is 2350. The van der Waals surface area contributed by atoms with E-state index in [1.807, 2.05) is 38.1 Å². The third-order valence-electron chi connectivity index (χ3n) is 12.8. The zero-order valence-corrected chi connectivity index (χ0v) is 49.3. The summed E-state index contributed by atoms with van der Waals surface area (Å²) in [5.74, 6) is 4.26. The van der Waals surface area contributed by atoms with Crippen molar-refractivity contribution in [3.63, 3.8) is 0 Å². The largest absolute Gasteiger partial charge is 0.444 e. The van der Waals surface area contributed by atoms with Gasteiger partial charge in [0.05, 0.1) is 44.1 Å². The molecule has 16 nitrogen and oxygen atoms in total. The minimum absolute atomic E-state index is 0.142. The van der Waals surface area contributed by atoms with Crippen LogP contribution in [0.25, 0.3) is 0 Å². The summed E-state index contributed by atoms with van der Waals surface area (Å²) < 4.78 is 18.2. The van der Waals surface area contributed by atoms with Crippen LogP contribution in [-0.2, 0) is 81.0 Å². The molecule has 69 heavy (non-hydrogen) atoms. The summed E-state index contributed by atoms with van der Waals surface area (Å²) in [5, 5.41) is 3.64. The Morgan fingerprint density at radius 2 is 1.07 bits per heavy atom. The second-order valence-electron chi connectivity index (χ2n) is 18.4. The number of carbonyl (C=O) groups is 1. The molecule has 8 saturated heterocycles. The molecule has 3 aromatic rings. The van der Waals surface area contributed by atoms with Crippen LogP contribution >= 0.6 is 56.8 Å². The van der Waals surface area contributed by atoms with Gasteiger partial charge in [-0.3, -0.25) is 14.7 Å². The highest BCUT2D eigenvalue weighted by Crippen LogP contribution is 2.36. The number of nitrogens with zero attached hydrogens (tertiary/aromatic N) is 11. The number of terminal acetylenes is 1. The smallest absolute Gasteiger partial charge is 0.410 e. The van der Waals surface area contributed by atoms with Gasteiger partial charge in [-0.1, -0.05) is 5.92 Å². The average molecular weight is 1320 g/mol. The van der Waals surface area contributed by atoms with E-state index in [0.717, 1.165) is 103 Å². The third-order valence-corrected chi connectivity index (χ3v) is 23.0. The summed E-state index contributed by atoms with van der Waals surface area (Å²) in [6.07, 6.45) is 23.2. The van der Waals surface area contributed by atoms with Crippen LogP contribution in [0, 0.1) is 19.5 Å². The van der Waals surface area contributed by atoms with Crippen molar-refractivity contribution in [3.05, 3.63) is 55.2 Å². The van der Waals surface area contributed by atoms with E-state index in [4.69, 9.17) is 32.2 Å². The van der Waals surface area contributed by atoms with E-state index in [2.05, 4.69) is 128 Å². The third kappa shape index (κ3) is 15.9. The Labute approximate surface area is 461 Å². The number of amides is 1. The molecule has 6 atom stereocenters. The number of nitrogens with one attached hydrogen (secondary N) is 1. The molecule has 1 amide bonds. The highest BCUT2D eigenvalue weighted by Gasteiger charge is 2.47. The number of piperazine rings is 3. The van der Waals surface area contributed by atoms with Crippen LogP contribution < -0.4 is 15.1 Å². The van der Waals surface area contributed by atoms with Crippen LogP contribution in [0.1, 0.15) is 64.9 Å². The van der Waals surface area contributed by atoms with Gasteiger partial charge in [0.15, 0.2) is 0 Å². The van der Waals surface area contributed by atoms with E-state index in [-0.39, 0.29) is 11.7 Å². The SMILES string of the molecule is C#Cc1cnc(N2CC3CCC(C2)N3C2COC2)nc1.CC(C)(C)OC(=O)N1C2CCC1CNC2.Clc1ncc(I)cn1.Ic1cnc(N2CC3CCC(C2)N3C2COC2)nc1.S=S=S=S=S=S=S. The van der Waals surface area contributed by atoms with Crippen molar-refractivity contribution >= 4 is 142 Å². The van der Waals surface area contributed by atoms with Crippen LogP contribution in [0.5, 0.6) is 0 Å². The molecule has 11 rings (SSSR count). The van der Waals surface area contributed by atoms with Crippen LogP contribution in [-0.4, -0.2) is 170 Å². The average Bonchev–Trinajstić information content (AvgIpc) is 3.80. The van der Waals surface area contributed by atoms with E-state index in [9.17, 15) is 4.79 Å². The Kier molecular flexibility index (Phi) is 22.0. The van der Waals surface area contributed by atoms with Crippen molar-refractivity contribution < 1.29 is 19.0 Å². The summed E-state index contributed by atoms with van der Waals surface area (Å²) >= 11 is 18.9. The van der Waals surface area contributed by atoms with Gasteiger partial charge in [-0.2, -0.15) is 0 Å². The fourth-order valence-electron chi connectivity index (χ4n) is 9.93. The number of rotatable bonds is 4. The van der Waals surface area contributed by atoms with Crippen LogP contribution in [0.2, 0.25) is 5.28 Å². The zero-order chi connectivity index (χ0) is 48.9. The number of halogens is 3. The van der Waals surface area contributed by atoms with Crippen molar-refractivity contribution in [2.24, 2.45) is 0 Å². The molecule has 0 aromatic carbocycles. The summed E-state index contributed by atoms with van der Waals surface area (Å²) in [6, 6.07) is 4.57. The van der Waals surface area contributed by atoms with Gasteiger partial charge in [-0.25, -0.2) is 34.7 Å². The number of aromatic nitrogens is 6. The van der Waals surface area contributed by atoms with E-state index >= 15 is 0 Å². The summed E-state index contributed by atoms with van der Waals surface area (Å²) in [6.45, 7) is 15.4. The standard InChI is InChI=1S/C15H18N4O.C13H17IN4O.C11H20N2O2.C4H2ClIN2.S7/c1-2-11-5-16-15(17-6-11)18-7-12-3-4-13(8-18)19(12)14-9-20-10-14;14-9-3-15-13(16-4-9)17-5-10-1-2-11(6-17)18(10)12-7-19-8-12;1-11(2,3)15-10(14)13-8-4-5-9(13)7-12-6-8;5-4-7-1-3(6)2-8-4;1-3-5-7-6-4-2/h1,5-6,12-14H,3-4,7-10H2;3-4,10-12H,1-2,5-8H2;8-9,12H,4-7H2,1-3H3;1-2H;. The minimum atomic E-state index is -0.388.